The Kier molecular flexibility index (Phi) is 3.96. The molecule has 3 rings (SSSR count). The second-order valence-corrected chi connectivity index (χ2v) is 8.48. The Morgan fingerprint density at radius 1 is 1.33 bits per heavy atom. The molecule has 1 atom stereocenters. The van der Waals surface area contributed by atoms with Gasteiger partial charge in [-0.25, -0.2) is 0 Å². The topological polar surface area (TPSA) is 12.0 Å². The number of hydrogen-bond acceptors (Lipinski definition) is 2. The Morgan fingerprint density at radius 2 is 2.22 bits per heavy atom. The minimum Gasteiger partial charge on any atom is -0.378 e. The Labute approximate surface area is 133 Å². The molecule has 0 fully saturated rings. The van der Waals surface area contributed by atoms with E-state index in [2.05, 4.69) is 74.2 Å². The monoisotopic (exact) mass is 433 g/mol. The average molecular weight is 434 g/mol. The lowest BCUT2D eigenvalue weighted by Crippen LogP contribution is -2.15. The molecule has 0 amide bonds. The maximum atomic E-state index is 3.66. The third-order valence-corrected chi connectivity index (χ3v) is 5.71. The molecule has 0 bridgehead atoms. The van der Waals surface area contributed by atoms with Gasteiger partial charge in [0.15, 0.2) is 0 Å². The number of thiophene rings is 1. The van der Waals surface area contributed by atoms with Crippen molar-refractivity contribution in [3.05, 3.63) is 48.1 Å². The van der Waals surface area contributed by atoms with E-state index in [0.29, 0.717) is 6.04 Å². The molecule has 94 valence electrons. The molecule has 0 saturated carbocycles. The molecule has 0 spiro atoms. The van der Waals surface area contributed by atoms with Crippen LogP contribution in [0.1, 0.15) is 29.3 Å². The Morgan fingerprint density at radius 3 is 3.06 bits per heavy atom. The fraction of sp³-hybridized carbons (Fsp3) is 0.286. The van der Waals surface area contributed by atoms with Gasteiger partial charge in [-0.3, -0.25) is 0 Å². The number of hydrogen-bond donors (Lipinski definition) is 1. The zero-order valence-electron chi connectivity index (χ0n) is 9.75. The molecule has 1 N–H and O–H groups in total. The van der Waals surface area contributed by atoms with E-state index in [0.717, 1.165) is 4.47 Å². The molecular weight excluding hydrogens is 421 g/mol. The number of aryl methyl sites for hydroxylation is 1. The van der Waals surface area contributed by atoms with Crippen molar-refractivity contribution in [1.29, 1.82) is 0 Å². The summed E-state index contributed by atoms with van der Waals surface area (Å²) in [5.41, 5.74) is 2.71. The summed E-state index contributed by atoms with van der Waals surface area (Å²) in [4.78, 5) is 1.57. The van der Waals surface area contributed by atoms with E-state index in [9.17, 15) is 0 Å². The number of rotatable bonds is 2. The summed E-state index contributed by atoms with van der Waals surface area (Å²) in [5, 5.41) is 3.66. The summed E-state index contributed by atoms with van der Waals surface area (Å²) >= 11 is 7.90. The van der Waals surface area contributed by atoms with E-state index in [4.69, 9.17) is 0 Å². The number of benzene rings is 1. The van der Waals surface area contributed by atoms with Gasteiger partial charge in [-0.15, -0.1) is 11.3 Å². The molecule has 4 heteroatoms. The van der Waals surface area contributed by atoms with E-state index in [1.165, 1.54) is 33.4 Å². The van der Waals surface area contributed by atoms with Gasteiger partial charge in [-0.1, -0.05) is 22.0 Å². The van der Waals surface area contributed by atoms with Crippen molar-refractivity contribution in [3.8, 4) is 0 Å². The van der Waals surface area contributed by atoms with Crippen molar-refractivity contribution in [2.45, 2.75) is 25.3 Å². The van der Waals surface area contributed by atoms with Crippen molar-refractivity contribution < 1.29 is 0 Å². The maximum absolute atomic E-state index is 3.66. The van der Waals surface area contributed by atoms with Gasteiger partial charge in [-0.2, -0.15) is 0 Å². The highest BCUT2D eigenvalue weighted by atomic mass is 127. The van der Waals surface area contributed by atoms with Crippen LogP contribution in [0.2, 0.25) is 0 Å². The predicted molar refractivity (Wildman–Crippen MR) is 90.5 cm³/mol. The van der Waals surface area contributed by atoms with Crippen molar-refractivity contribution in [3.63, 3.8) is 0 Å². The van der Waals surface area contributed by atoms with Crippen molar-refractivity contribution in [2.24, 2.45) is 0 Å². The summed E-state index contributed by atoms with van der Waals surface area (Å²) in [6.07, 6.45) is 3.77. The first-order valence-corrected chi connectivity index (χ1v) is 8.71. The van der Waals surface area contributed by atoms with Crippen LogP contribution in [0.3, 0.4) is 0 Å². The van der Waals surface area contributed by atoms with Gasteiger partial charge in [0.25, 0.3) is 0 Å². The lowest BCUT2D eigenvalue weighted by Gasteiger charge is -2.24. The number of halogens is 2. The normalized spacial score (nSPS) is 18.4. The minimum atomic E-state index is 0.475. The molecule has 1 heterocycles. The highest BCUT2D eigenvalue weighted by Crippen LogP contribution is 2.38. The van der Waals surface area contributed by atoms with E-state index in [1.54, 1.807) is 4.88 Å². The molecular formula is C14H13BrINS. The smallest absolute Gasteiger partial charge is 0.0660 e. The van der Waals surface area contributed by atoms with Crippen molar-refractivity contribution in [1.82, 2.24) is 0 Å². The van der Waals surface area contributed by atoms with Crippen LogP contribution >= 0.6 is 49.9 Å². The third kappa shape index (κ3) is 2.75. The Hall–Kier alpha value is -0.0700. The second kappa shape index (κ2) is 5.51. The second-order valence-electron chi connectivity index (χ2n) is 4.53. The van der Waals surface area contributed by atoms with Crippen LogP contribution in [0.15, 0.2) is 34.8 Å². The van der Waals surface area contributed by atoms with Crippen molar-refractivity contribution in [2.75, 3.05) is 5.32 Å². The summed E-state index contributed by atoms with van der Waals surface area (Å²) in [6, 6.07) is 11.2. The summed E-state index contributed by atoms with van der Waals surface area (Å²) < 4.78 is 2.53. The maximum Gasteiger partial charge on any atom is 0.0660 e. The molecule has 2 aromatic rings. The highest BCUT2D eigenvalue weighted by molar-refractivity contribution is 14.1. The van der Waals surface area contributed by atoms with Gasteiger partial charge in [0.05, 0.1) is 8.93 Å². The summed E-state index contributed by atoms with van der Waals surface area (Å²) in [6.45, 7) is 0. The van der Waals surface area contributed by atoms with Crippen LogP contribution in [-0.4, -0.2) is 0 Å². The standard InChI is InChI=1S/C14H13BrINS/c15-9-3-1-4-10(7-9)17-12-5-2-6-13-11(12)8-14(16)18-13/h1,3-4,7-8,12,17H,2,5-6H2. The van der Waals surface area contributed by atoms with Gasteiger partial charge in [0.1, 0.15) is 0 Å². The van der Waals surface area contributed by atoms with Crippen molar-refractivity contribution >= 4 is 55.5 Å². The van der Waals surface area contributed by atoms with Crippen LogP contribution in [0.5, 0.6) is 0 Å². The van der Waals surface area contributed by atoms with Gasteiger partial charge in [0, 0.05) is 15.0 Å². The lowest BCUT2D eigenvalue weighted by atomic mass is 9.94. The Bertz CT molecular complexity index is 567. The average Bonchev–Trinajstić information content (AvgIpc) is 2.71. The van der Waals surface area contributed by atoms with E-state index < -0.39 is 0 Å². The largest absolute Gasteiger partial charge is 0.378 e. The van der Waals surface area contributed by atoms with Crippen LogP contribution < -0.4 is 5.32 Å². The van der Waals surface area contributed by atoms with E-state index in [1.807, 2.05) is 11.3 Å². The minimum absolute atomic E-state index is 0.475. The third-order valence-electron chi connectivity index (χ3n) is 3.25. The van der Waals surface area contributed by atoms with Crippen LogP contribution in [0, 0.1) is 2.88 Å². The summed E-state index contributed by atoms with van der Waals surface area (Å²) in [7, 11) is 0. The molecule has 1 aliphatic carbocycles. The van der Waals surface area contributed by atoms with Gasteiger partial charge in [-0.05, 0) is 71.7 Å². The van der Waals surface area contributed by atoms with Gasteiger partial charge in [0.2, 0.25) is 0 Å². The van der Waals surface area contributed by atoms with E-state index in [-0.39, 0.29) is 0 Å². The first kappa shape index (κ1) is 12.9. The molecule has 1 unspecified atom stereocenters. The molecule has 18 heavy (non-hydrogen) atoms. The SMILES string of the molecule is Brc1cccc(NC2CCCc3sc(I)cc32)c1. The van der Waals surface area contributed by atoms with Crippen LogP contribution in [0.25, 0.3) is 0 Å². The first-order chi connectivity index (χ1) is 8.72. The molecule has 1 aromatic heterocycles. The fourth-order valence-corrected chi connectivity index (χ4v) is 4.97. The molecule has 1 aromatic carbocycles. The molecule has 1 nitrogen and oxygen atoms in total. The van der Waals surface area contributed by atoms with Crippen LogP contribution in [-0.2, 0) is 6.42 Å². The summed E-state index contributed by atoms with van der Waals surface area (Å²) in [5.74, 6) is 0. The van der Waals surface area contributed by atoms with Crippen LogP contribution in [0.4, 0.5) is 5.69 Å². The molecule has 0 saturated heterocycles. The number of fused-ring (bicyclic) bond motifs is 1. The quantitative estimate of drug-likeness (QED) is 0.607. The fourth-order valence-electron chi connectivity index (χ4n) is 2.45. The van der Waals surface area contributed by atoms with Gasteiger partial charge < -0.3 is 5.32 Å². The Balaban J connectivity index is 1.86. The number of nitrogens with one attached hydrogen (secondary N) is 1. The zero-order chi connectivity index (χ0) is 12.5. The molecule has 1 aliphatic rings. The molecule has 0 radical (unpaired) electrons. The number of anilines is 1. The van der Waals surface area contributed by atoms with Gasteiger partial charge >= 0.3 is 0 Å². The first-order valence-electron chi connectivity index (χ1n) is 6.02. The zero-order valence-corrected chi connectivity index (χ0v) is 14.3. The lowest BCUT2D eigenvalue weighted by molar-refractivity contribution is 0.609. The molecule has 0 aliphatic heterocycles. The highest BCUT2D eigenvalue weighted by Gasteiger charge is 2.22. The predicted octanol–water partition coefficient (Wildman–Crippen LogP) is 5.60. The van der Waals surface area contributed by atoms with E-state index >= 15 is 0 Å².